The van der Waals surface area contributed by atoms with Gasteiger partial charge in [-0.05, 0) is 0 Å². The van der Waals surface area contributed by atoms with Gasteiger partial charge in [0.2, 0.25) is 0 Å². The van der Waals surface area contributed by atoms with E-state index in [1.54, 1.807) is 18.7 Å². The second-order valence-electron chi connectivity index (χ2n) is 3.69. The lowest BCUT2D eigenvalue weighted by atomic mass is 10.2. The van der Waals surface area contributed by atoms with Crippen molar-refractivity contribution in [1.82, 2.24) is 19.1 Å². The van der Waals surface area contributed by atoms with Gasteiger partial charge in [-0.1, -0.05) is 0 Å². The van der Waals surface area contributed by atoms with Gasteiger partial charge in [-0.25, -0.2) is 9.97 Å². The minimum absolute atomic E-state index is 0.0910. The maximum absolute atomic E-state index is 9.02. The van der Waals surface area contributed by atoms with E-state index >= 15 is 0 Å². The van der Waals surface area contributed by atoms with Crippen LogP contribution in [0.25, 0.3) is 0 Å². The van der Waals surface area contributed by atoms with Crippen LogP contribution in [0, 0.1) is 0 Å². The molecule has 2 heterocycles. The number of hydrogen-bond donors (Lipinski definition) is 2. The summed E-state index contributed by atoms with van der Waals surface area (Å²) in [6, 6.07) is -0.400. The molecule has 0 aliphatic heterocycles. The molecule has 1 unspecified atom stereocenters. The lowest BCUT2D eigenvalue weighted by molar-refractivity contribution is 0.263. The van der Waals surface area contributed by atoms with E-state index in [1.807, 2.05) is 22.4 Å². The molecule has 0 saturated heterocycles. The first kappa shape index (κ1) is 10.8. The third kappa shape index (κ3) is 1.98. The Bertz CT molecular complexity index is 461. The van der Waals surface area contributed by atoms with Crippen LogP contribution in [0.2, 0.25) is 0 Å². The zero-order chi connectivity index (χ0) is 11.5. The molecule has 0 amide bonds. The number of aliphatic hydroxyl groups is 1. The lowest BCUT2D eigenvalue weighted by Gasteiger charge is -2.12. The summed E-state index contributed by atoms with van der Waals surface area (Å²) >= 11 is 0. The molecule has 2 aromatic heterocycles. The van der Waals surface area contributed by atoms with E-state index < -0.39 is 6.04 Å². The molecule has 6 heteroatoms. The Balaban J connectivity index is 2.22. The quantitative estimate of drug-likeness (QED) is 0.739. The molecule has 2 rings (SSSR count). The Kier molecular flexibility index (Phi) is 3.02. The molecular weight excluding hydrogens is 206 g/mol. The lowest BCUT2D eigenvalue weighted by Crippen LogP contribution is -2.19. The first-order valence-electron chi connectivity index (χ1n) is 5.05. The molecule has 86 valence electrons. The Labute approximate surface area is 93.4 Å². The Morgan fingerprint density at radius 1 is 1.56 bits per heavy atom. The molecule has 0 aromatic carbocycles. The van der Waals surface area contributed by atoms with Gasteiger partial charge in [-0.15, -0.1) is 0 Å². The minimum Gasteiger partial charge on any atom is -0.394 e. The van der Waals surface area contributed by atoms with Crippen molar-refractivity contribution < 1.29 is 5.11 Å². The van der Waals surface area contributed by atoms with E-state index in [0.717, 1.165) is 11.5 Å². The van der Waals surface area contributed by atoms with Gasteiger partial charge < -0.3 is 20.0 Å². The predicted octanol–water partition coefficient (Wildman–Crippen LogP) is -0.343. The highest BCUT2D eigenvalue weighted by molar-refractivity contribution is 5.07. The second-order valence-corrected chi connectivity index (χ2v) is 3.69. The van der Waals surface area contributed by atoms with Crippen LogP contribution in [0.15, 0.2) is 24.9 Å². The number of nitrogens with zero attached hydrogens (tertiary/aromatic N) is 4. The number of aryl methyl sites for hydroxylation is 1. The molecule has 0 spiro atoms. The summed E-state index contributed by atoms with van der Waals surface area (Å²) in [6.07, 6.45) is 7.00. The van der Waals surface area contributed by atoms with E-state index in [9.17, 15) is 0 Å². The van der Waals surface area contributed by atoms with E-state index in [2.05, 4.69) is 9.97 Å². The molecule has 2 aromatic rings. The fourth-order valence-corrected chi connectivity index (χ4v) is 1.57. The van der Waals surface area contributed by atoms with Gasteiger partial charge in [0.15, 0.2) is 0 Å². The Morgan fingerprint density at radius 3 is 3.00 bits per heavy atom. The third-order valence-corrected chi connectivity index (χ3v) is 2.55. The summed E-state index contributed by atoms with van der Waals surface area (Å²) in [5.74, 6) is 0.921. The van der Waals surface area contributed by atoms with Gasteiger partial charge in [0.25, 0.3) is 0 Å². The average molecular weight is 221 g/mol. The summed E-state index contributed by atoms with van der Waals surface area (Å²) in [6.45, 7) is 0.513. The summed E-state index contributed by atoms with van der Waals surface area (Å²) in [7, 11) is 1.94. The number of aliphatic hydroxyl groups excluding tert-OH is 1. The van der Waals surface area contributed by atoms with E-state index in [-0.39, 0.29) is 6.61 Å². The zero-order valence-corrected chi connectivity index (χ0v) is 9.11. The predicted molar refractivity (Wildman–Crippen MR) is 58.6 cm³/mol. The minimum atomic E-state index is -0.400. The standard InChI is InChI=1S/C10H15N5O/c1-14-3-2-13-10(14)5-15-7-12-4-9(15)8(11)6-16/h2-4,7-8,16H,5-6,11H2,1H3. The molecule has 16 heavy (non-hydrogen) atoms. The summed E-state index contributed by atoms with van der Waals surface area (Å²) in [5, 5.41) is 9.02. The summed E-state index contributed by atoms with van der Waals surface area (Å²) in [4.78, 5) is 8.26. The molecular formula is C10H15N5O. The van der Waals surface area contributed by atoms with Crippen molar-refractivity contribution in [3.8, 4) is 0 Å². The highest BCUT2D eigenvalue weighted by Gasteiger charge is 2.11. The van der Waals surface area contributed by atoms with E-state index in [1.165, 1.54) is 0 Å². The van der Waals surface area contributed by atoms with Crippen LogP contribution < -0.4 is 5.73 Å². The van der Waals surface area contributed by atoms with Crippen molar-refractivity contribution in [2.45, 2.75) is 12.6 Å². The Morgan fingerprint density at radius 2 is 2.38 bits per heavy atom. The second kappa shape index (κ2) is 4.46. The number of aromatic nitrogens is 4. The van der Waals surface area contributed by atoms with Crippen molar-refractivity contribution in [3.63, 3.8) is 0 Å². The van der Waals surface area contributed by atoms with Crippen molar-refractivity contribution in [2.24, 2.45) is 12.8 Å². The molecule has 0 aliphatic rings. The number of imidazole rings is 2. The number of nitrogens with two attached hydrogens (primary N) is 1. The smallest absolute Gasteiger partial charge is 0.128 e. The van der Waals surface area contributed by atoms with Crippen molar-refractivity contribution in [2.75, 3.05) is 6.61 Å². The first-order chi connectivity index (χ1) is 7.72. The van der Waals surface area contributed by atoms with Crippen LogP contribution in [0.3, 0.4) is 0 Å². The molecule has 3 N–H and O–H groups in total. The SMILES string of the molecule is Cn1ccnc1Cn1cncc1C(N)CO. The van der Waals surface area contributed by atoms with Crippen LogP contribution in [0.4, 0.5) is 0 Å². The molecule has 6 nitrogen and oxygen atoms in total. The largest absolute Gasteiger partial charge is 0.394 e. The molecule has 0 saturated carbocycles. The van der Waals surface area contributed by atoms with Crippen molar-refractivity contribution >= 4 is 0 Å². The van der Waals surface area contributed by atoms with Gasteiger partial charge in [-0.3, -0.25) is 0 Å². The Hall–Kier alpha value is -1.66. The van der Waals surface area contributed by atoms with Crippen LogP contribution in [0.5, 0.6) is 0 Å². The molecule has 0 aliphatic carbocycles. The van der Waals surface area contributed by atoms with Crippen LogP contribution in [-0.4, -0.2) is 30.8 Å². The maximum Gasteiger partial charge on any atom is 0.128 e. The molecule has 0 radical (unpaired) electrons. The number of rotatable bonds is 4. The highest BCUT2D eigenvalue weighted by atomic mass is 16.3. The van der Waals surface area contributed by atoms with Crippen LogP contribution in [-0.2, 0) is 13.6 Å². The first-order valence-corrected chi connectivity index (χ1v) is 5.05. The van der Waals surface area contributed by atoms with Gasteiger partial charge in [0, 0.05) is 25.6 Å². The zero-order valence-electron chi connectivity index (χ0n) is 9.11. The fourth-order valence-electron chi connectivity index (χ4n) is 1.57. The topological polar surface area (TPSA) is 81.9 Å². The third-order valence-electron chi connectivity index (χ3n) is 2.55. The molecule has 1 atom stereocenters. The fraction of sp³-hybridized carbons (Fsp3) is 0.400. The van der Waals surface area contributed by atoms with Crippen molar-refractivity contribution in [1.29, 1.82) is 0 Å². The van der Waals surface area contributed by atoms with Gasteiger partial charge in [0.1, 0.15) is 5.82 Å². The van der Waals surface area contributed by atoms with Gasteiger partial charge in [0.05, 0.1) is 31.2 Å². The van der Waals surface area contributed by atoms with Crippen LogP contribution in [0.1, 0.15) is 17.6 Å². The molecule has 0 bridgehead atoms. The monoisotopic (exact) mass is 221 g/mol. The van der Waals surface area contributed by atoms with Gasteiger partial charge in [-0.2, -0.15) is 0 Å². The number of hydrogen-bond acceptors (Lipinski definition) is 4. The highest BCUT2D eigenvalue weighted by Crippen LogP contribution is 2.10. The summed E-state index contributed by atoms with van der Waals surface area (Å²) in [5.41, 5.74) is 6.58. The van der Waals surface area contributed by atoms with Gasteiger partial charge >= 0.3 is 0 Å². The van der Waals surface area contributed by atoms with Crippen molar-refractivity contribution in [3.05, 3.63) is 36.4 Å². The van der Waals surface area contributed by atoms with E-state index in [4.69, 9.17) is 10.8 Å². The van der Waals surface area contributed by atoms with E-state index in [0.29, 0.717) is 6.54 Å². The summed E-state index contributed by atoms with van der Waals surface area (Å²) < 4.78 is 3.83. The normalized spacial score (nSPS) is 12.9. The average Bonchev–Trinajstić information content (AvgIpc) is 2.88. The molecule has 0 fully saturated rings. The maximum atomic E-state index is 9.02. The van der Waals surface area contributed by atoms with Crippen LogP contribution >= 0.6 is 0 Å².